The van der Waals surface area contributed by atoms with E-state index in [1.807, 2.05) is 59.3 Å². The third-order valence-electron chi connectivity index (χ3n) is 3.23. The van der Waals surface area contributed by atoms with E-state index in [0.29, 0.717) is 0 Å². The summed E-state index contributed by atoms with van der Waals surface area (Å²) in [6, 6.07) is 15.7. The molecule has 0 amide bonds. The van der Waals surface area contributed by atoms with Crippen LogP contribution in [0.4, 0.5) is 0 Å². The van der Waals surface area contributed by atoms with Crippen molar-refractivity contribution in [1.29, 1.82) is 0 Å². The fraction of sp³-hybridized carbons (Fsp3) is 0.0625. The van der Waals surface area contributed by atoms with Crippen LogP contribution in [0.5, 0.6) is 0 Å². The van der Waals surface area contributed by atoms with E-state index in [1.165, 1.54) is 0 Å². The highest BCUT2D eigenvalue weighted by atomic mass is 32.1. The number of carbonyl (C=O) groups is 1. The summed E-state index contributed by atoms with van der Waals surface area (Å²) in [6.07, 6.45) is 1.95. The number of thiol groups is 1. The van der Waals surface area contributed by atoms with Crippen molar-refractivity contribution in [1.82, 2.24) is 4.57 Å². The van der Waals surface area contributed by atoms with E-state index < -0.39 is 0 Å². The molecule has 0 N–H and O–H groups in total. The Hall–Kier alpha value is -2.00. The van der Waals surface area contributed by atoms with Gasteiger partial charge in [0.1, 0.15) is 0 Å². The lowest BCUT2D eigenvalue weighted by molar-refractivity contribution is 0.101. The van der Waals surface area contributed by atoms with E-state index >= 15 is 0 Å². The molecule has 94 valence electrons. The van der Waals surface area contributed by atoms with Gasteiger partial charge in [-0.2, -0.15) is 0 Å². The standard InChI is InChI=1S/C16H13NOS/c1-11(18)12-6-2-4-8-14(12)17-10-16(19)13-7-3-5-9-15(13)17/h2-10,19H,1H3. The molecule has 0 aliphatic heterocycles. The molecule has 19 heavy (non-hydrogen) atoms. The largest absolute Gasteiger partial charge is 0.315 e. The minimum absolute atomic E-state index is 0.0640. The number of carbonyl (C=O) groups excluding carboxylic acids is 1. The van der Waals surface area contributed by atoms with Crippen molar-refractivity contribution >= 4 is 29.3 Å². The Labute approximate surface area is 117 Å². The number of ketones is 1. The molecule has 0 spiro atoms. The third-order valence-corrected chi connectivity index (χ3v) is 3.59. The van der Waals surface area contributed by atoms with Crippen LogP contribution in [-0.2, 0) is 0 Å². The smallest absolute Gasteiger partial charge is 0.161 e. The molecule has 0 fully saturated rings. The highest BCUT2D eigenvalue weighted by Crippen LogP contribution is 2.28. The van der Waals surface area contributed by atoms with E-state index in [0.717, 1.165) is 27.0 Å². The minimum Gasteiger partial charge on any atom is -0.315 e. The Morgan fingerprint density at radius 2 is 1.74 bits per heavy atom. The highest BCUT2D eigenvalue weighted by Gasteiger charge is 2.12. The Bertz CT molecular complexity index is 773. The van der Waals surface area contributed by atoms with E-state index in [-0.39, 0.29) is 5.78 Å². The van der Waals surface area contributed by atoms with E-state index in [4.69, 9.17) is 0 Å². The molecular weight excluding hydrogens is 254 g/mol. The Kier molecular flexibility index (Phi) is 2.91. The monoisotopic (exact) mass is 267 g/mol. The number of Topliss-reactive ketones (excluding diaryl/α,β-unsaturated/α-hetero) is 1. The zero-order valence-corrected chi connectivity index (χ0v) is 11.4. The number of hydrogen-bond acceptors (Lipinski definition) is 2. The molecule has 2 nitrogen and oxygen atoms in total. The van der Waals surface area contributed by atoms with Crippen LogP contribution < -0.4 is 0 Å². The van der Waals surface area contributed by atoms with Gasteiger partial charge in [0.05, 0.1) is 11.2 Å². The highest BCUT2D eigenvalue weighted by molar-refractivity contribution is 7.80. The van der Waals surface area contributed by atoms with Crippen molar-refractivity contribution in [3.8, 4) is 5.69 Å². The lowest BCUT2D eigenvalue weighted by atomic mass is 10.1. The van der Waals surface area contributed by atoms with Gasteiger partial charge in [0.25, 0.3) is 0 Å². The molecule has 0 atom stereocenters. The van der Waals surface area contributed by atoms with Gasteiger partial charge in [-0.1, -0.05) is 30.3 Å². The number of rotatable bonds is 2. The third kappa shape index (κ3) is 1.96. The molecule has 0 saturated heterocycles. The van der Waals surface area contributed by atoms with Crippen LogP contribution in [-0.4, -0.2) is 10.4 Å². The van der Waals surface area contributed by atoms with Crippen molar-refractivity contribution in [2.45, 2.75) is 11.8 Å². The maximum absolute atomic E-state index is 11.7. The average Bonchev–Trinajstić information content (AvgIpc) is 2.77. The van der Waals surface area contributed by atoms with Crippen LogP contribution in [0.3, 0.4) is 0 Å². The second kappa shape index (κ2) is 4.59. The first-order valence-electron chi connectivity index (χ1n) is 6.08. The van der Waals surface area contributed by atoms with Gasteiger partial charge < -0.3 is 4.57 Å². The summed E-state index contributed by atoms with van der Waals surface area (Å²) in [5, 5.41) is 1.09. The number of benzene rings is 2. The molecule has 0 radical (unpaired) electrons. The van der Waals surface area contributed by atoms with E-state index in [9.17, 15) is 4.79 Å². The molecule has 0 aliphatic rings. The second-order valence-corrected chi connectivity index (χ2v) is 4.96. The van der Waals surface area contributed by atoms with Gasteiger partial charge in [0.15, 0.2) is 5.78 Å². The Balaban J connectivity index is 2.34. The summed E-state index contributed by atoms with van der Waals surface area (Å²) < 4.78 is 2.02. The van der Waals surface area contributed by atoms with Crippen LogP contribution >= 0.6 is 12.6 Å². The summed E-state index contributed by atoms with van der Waals surface area (Å²) in [7, 11) is 0. The predicted molar refractivity (Wildman–Crippen MR) is 80.5 cm³/mol. The Morgan fingerprint density at radius 1 is 1.05 bits per heavy atom. The topological polar surface area (TPSA) is 22.0 Å². The van der Waals surface area contributed by atoms with Gasteiger partial charge >= 0.3 is 0 Å². The van der Waals surface area contributed by atoms with Crippen LogP contribution in [0.2, 0.25) is 0 Å². The van der Waals surface area contributed by atoms with Gasteiger partial charge in [0, 0.05) is 22.0 Å². The molecule has 3 heteroatoms. The summed E-state index contributed by atoms with van der Waals surface area (Å²) in [5.74, 6) is 0.0640. The summed E-state index contributed by atoms with van der Waals surface area (Å²) in [4.78, 5) is 12.7. The first kappa shape index (κ1) is 12.1. The van der Waals surface area contributed by atoms with Gasteiger partial charge in [-0.25, -0.2) is 0 Å². The second-order valence-electron chi connectivity index (χ2n) is 4.47. The van der Waals surface area contributed by atoms with Crippen molar-refractivity contribution < 1.29 is 4.79 Å². The number of para-hydroxylation sites is 2. The fourth-order valence-corrected chi connectivity index (χ4v) is 2.65. The lowest BCUT2D eigenvalue weighted by Gasteiger charge is -2.09. The quantitative estimate of drug-likeness (QED) is 0.547. The van der Waals surface area contributed by atoms with Crippen molar-refractivity contribution in [3.63, 3.8) is 0 Å². The van der Waals surface area contributed by atoms with E-state index in [1.54, 1.807) is 6.92 Å². The van der Waals surface area contributed by atoms with Gasteiger partial charge in [-0.05, 0) is 25.1 Å². The number of nitrogens with zero attached hydrogens (tertiary/aromatic N) is 1. The SMILES string of the molecule is CC(=O)c1ccccc1-n1cc(S)c2ccccc21. The molecule has 0 unspecified atom stereocenters. The molecule has 1 aromatic heterocycles. The first-order valence-corrected chi connectivity index (χ1v) is 6.52. The number of fused-ring (bicyclic) bond motifs is 1. The molecule has 0 bridgehead atoms. The summed E-state index contributed by atoms with van der Waals surface area (Å²) in [5.41, 5.74) is 2.67. The maximum atomic E-state index is 11.7. The zero-order chi connectivity index (χ0) is 13.4. The molecule has 3 aromatic rings. The maximum Gasteiger partial charge on any atom is 0.161 e. The van der Waals surface area contributed by atoms with Crippen molar-refractivity contribution in [2.75, 3.05) is 0 Å². The normalized spacial score (nSPS) is 10.8. The van der Waals surface area contributed by atoms with Crippen LogP contribution in [0, 0.1) is 0 Å². The summed E-state index contributed by atoms with van der Waals surface area (Å²) >= 11 is 4.50. The van der Waals surface area contributed by atoms with E-state index in [2.05, 4.69) is 12.6 Å². The first-order chi connectivity index (χ1) is 9.18. The summed E-state index contributed by atoms with van der Waals surface area (Å²) in [6.45, 7) is 1.59. The molecule has 1 heterocycles. The molecular formula is C16H13NOS. The van der Waals surface area contributed by atoms with Crippen LogP contribution in [0.15, 0.2) is 59.6 Å². The van der Waals surface area contributed by atoms with Crippen LogP contribution in [0.25, 0.3) is 16.6 Å². The fourth-order valence-electron chi connectivity index (χ4n) is 2.34. The minimum atomic E-state index is 0.0640. The van der Waals surface area contributed by atoms with Gasteiger partial charge in [-0.15, -0.1) is 12.6 Å². The number of hydrogen-bond donors (Lipinski definition) is 1. The lowest BCUT2D eigenvalue weighted by Crippen LogP contribution is -2.02. The predicted octanol–water partition coefficient (Wildman–Crippen LogP) is 4.12. The number of aromatic nitrogens is 1. The van der Waals surface area contributed by atoms with Crippen LogP contribution in [0.1, 0.15) is 17.3 Å². The van der Waals surface area contributed by atoms with Gasteiger partial charge in [0.2, 0.25) is 0 Å². The molecule has 0 aliphatic carbocycles. The molecule has 0 saturated carbocycles. The zero-order valence-electron chi connectivity index (χ0n) is 10.5. The molecule has 2 aromatic carbocycles. The average molecular weight is 267 g/mol. The van der Waals surface area contributed by atoms with Crippen molar-refractivity contribution in [3.05, 3.63) is 60.3 Å². The van der Waals surface area contributed by atoms with Gasteiger partial charge in [-0.3, -0.25) is 4.79 Å². The molecule has 3 rings (SSSR count). The Morgan fingerprint density at radius 3 is 2.53 bits per heavy atom. The van der Waals surface area contributed by atoms with Crippen molar-refractivity contribution in [2.24, 2.45) is 0 Å².